The summed E-state index contributed by atoms with van der Waals surface area (Å²) in [5, 5.41) is 5.16. The molecular weight excluding hydrogens is 511 g/mol. The number of fused-ring (bicyclic) bond motifs is 1. The van der Waals surface area contributed by atoms with Gasteiger partial charge in [-0.1, -0.05) is 30.3 Å². The number of carbonyl (C=O) groups excluding carboxylic acids is 1. The van der Waals surface area contributed by atoms with Gasteiger partial charge in [-0.25, -0.2) is 4.79 Å². The number of halogens is 2. The fourth-order valence-electron chi connectivity index (χ4n) is 2.37. The van der Waals surface area contributed by atoms with Gasteiger partial charge in [-0.05, 0) is 77.0 Å². The zero-order valence-electron chi connectivity index (χ0n) is 14.6. The lowest BCUT2D eigenvalue weighted by molar-refractivity contribution is 0.0522. The minimum atomic E-state index is -0.587. The molecule has 136 valence electrons. The molecule has 0 aliphatic rings. The van der Waals surface area contributed by atoms with Gasteiger partial charge in [0.15, 0.2) is 0 Å². The van der Waals surface area contributed by atoms with Crippen LogP contribution in [0.4, 0.5) is 4.79 Å². The smallest absolute Gasteiger partial charge is 0.435 e. The fourth-order valence-corrected chi connectivity index (χ4v) is 3.46. The molecule has 0 atom stereocenters. The van der Waals surface area contributed by atoms with E-state index in [2.05, 4.69) is 43.6 Å². The molecule has 7 heteroatoms. The molecule has 0 fully saturated rings. The highest BCUT2D eigenvalue weighted by Gasteiger charge is 2.22. The number of aromatic nitrogens is 2. The molecule has 26 heavy (non-hydrogen) atoms. The molecule has 3 rings (SSSR count). The third-order valence-electron chi connectivity index (χ3n) is 3.49. The van der Waals surface area contributed by atoms with Crippen molar-refractivity contribution in [3.63, 3.8) is 0 Å². The lowest BCUT2D eigenvalue weighted by Gasteiger charge is -2.19. The van der Waals surface area contributed by atoms with Crippen molar-refractivity contribution in [3.8, 4) is 5.75 Å². The number of rotatable bonds is 3. The van der Waals surface area contributed by atoms with Crippen LogP contribution in [0.2, 0.25) is 0 Å². The average molecular weight is 529 g/mol. The van der Waals surface area contributed by atoms with E-state index in [0.717, 1.165) is 15.4 Å². The first-order valence-electron chi connectivity index (χ1n) is 8.02. The first-order chi connectivity index (χ1) is 12.2. The maximum Gasteiger partial charge on any atom is 0.435 e. The summed E-state index contributed by atoms with van der Waals surface area (Å²) in [6, 6.07) is 13.7. The van der Waals surface area contributed by atoms with Crippen molar-refractivity contribution in [2.45, 2.75) is 33.0 Å². The predicted octanol–water partition coefficient (Wildman–Crippen LogP) is 5.77. The molecule has 0 radical (unpaired) electrons. The molecule has 0 N–H and O–H groups in total. The van der Waals surface area contributed by atoms with E-state index in [0.29, 0.717) is 21.6 Å². The van der Waals surface area contributed by atoms with Crippen molar-refractivity contribution in [3.05, 3.63) is 56.2 Å². The first kappa shape index (κ1) is 19.2. The normalized spacial score (nSPS) is 11.6. The molecule has 1 heterocycles. The van der Waals surface area contributed by atoms with Gasteiger partial charge in [-0.15, -0.1) is 0 Å². The highest BCUT2D eigenvalue weighted by molar-refractivity contribution is 14.1. The van der Waals surface area contributed by atoms with Crippen molar-refractivity contribution in [1.82, 2.24) is 9.78 Å². The van der Waals surface area contributed by atoms with E-state index in [-0.39, 0.29) is 0 Å². The topological polar surface area (TPSA) is 53.4 Å². The van der Waals surface area contributed by atoms with Gasteiger partial charge in [-0.3, -0.25) is 0 Å². The van der Waals surface area contributed by atoms with Crippen molar-refractivity contribution in [1.29, 1.82) is 0 Å². The Morgan fingerprint density at radius 3 is 2.58 bits per heavy atom. The average Bonchev–Trinajstić information content (AvgIpc) is 2.88. The molecule has 0 saturated heterocycles. The summed E-state index contributed by atoms with van der Waals surface area (Å²) in [4.78, 5) is 12.4. The number of hydrogen-bond donors (Lipinski definition) is 0. The van der Waals surface area contributed by atoms with Crippen LogP contribution >= 0.6 is 38.5 Å². The monoisotopic (exact) mass is 528 g/mol. The summed E-state index contributed by atoms with van der Waals surface area (Å²) < 4.78 is 14.1. The van der Waals surface area contributed by atoms with Crippen LogP contribution in [0.1, 0.15) is 26.3 Å². The van der Waals surface area contributed by atoms with E-state index in [9.17, 15) is 4.79 Å². The van der Waals surface area contributed by atoms with Crippen LogP contribution in [-0.4, -0.2) is 21.5 Å². The van der Waals surface area contributed by atoms with Gasteiger partial charge in [-0.2, -0.15) is 9.78 Å². The number of ether oxygens (including phenoxy) is 2. The van der Waals surface area contributed by atoms with E-state index >= 15 is 0 Å². The summed E-state index contributed by atoms with van der Waals surface area (Å²) in [5.41, 5.74) is 1.16. The number of carbonyl (C=O) groups is 1. The molecular formula is C19H18BrIN2O3. The summed E-state index contributed by atoms with van der Waals surface area (Å²) in [5.74, 6) is 0.697. The third-order valence-corrected chi connectivity index (χ3v) is 4.91. The lowest BCUT2D eigenvalue weighted by Crippen LogP contribution is -2.27. The summed E-state index contributed by atoms with van der Waals surface area (Å²) in [6.45, 7) is 5.94. The highest BCUT2D eigenvalue weighted by Crippen LogP contribution is 2.33. The third kappa shape index (κ3) is 4.37. The van der Waals surface area contributed by atoms with Gasteiger partial charge < -0.3 is 9.47 Å². The van der Waals surface area contributed by atoms with Crippen LogP contribution < -0.4 is 4.74 Å². The molecule has 3 aromatic rings. The highest BCUT2D eigenvalue weighted by atomic mass is 127. The SMILES string of the molecule is CC(C)(C)OC(=O)n1nc(I)c2cc(OCc3ccccc3)c(Br)cc21. The molecule has 0 aliphatic carbocycles. The zero-order chi connectivity index (χ0) is 18.9. The van der Waals surface area contributed by atoms with Crippen LogP contribution in [0.25, 0.3) is 10.9 Å². The Bertz CT molecular complexity index is 949. The Hall–Kier alpha value is -1.61. The van der Waals surface area contributed by atoms with Crippen molar-refractivity contribution in [2.24, 2.45) is 0 Å². The molecule has 0 amide bonds. The molecule has 0 saturated carbocycles. The Morgan fingerprint density at radius 2 is 1.92 bits per heavy atom. The standard InChI is InChI=1S/C19H18BrIN2O3/c1-19(2,3)26-18(24)23-15-10-14(20)16(9-13(15)17(21)22-23)25-11-12-7-5-4-6-8-12/h4-10H,11H2,1-3H3. The summed E-state index contributed by atoms with van der Waals surface area (Å²) in [6.07, 6.45) is -0.504. The quantitative estimate of drug-likeness (QED) is 0.405. The molecule has 0 spiro atoms. The predicted molar refractivity (Wildman–Crippen MR) is 113 cm³/mol. The summed E-state index contributed by atoms with van der Waals surface area (Å²) >= 11 is 5.63. The van der Waals surface area contributed by atoms with Crippen molar-refractivity contribution >= 4 is 55.5 Å². The minimum Gasteiger partial charge on any atom is -0.488 e. The van der Waals surface area contributed by atoms with E-state index in [1.54, 1.807) is 0 Å². The van der Waals surface area contributed by atoms with Gasteiger partial charge >= 0.3 is 6.09 Å². The van der Waals surface area contributed by atoms with E-state index in [1.165, 1.54) is 4.68 Å². The largest absolute Gasteiger partial charge is 0.488 e. The van der Waals surface area contributed by atoms with Gasteiger partial charge in [0.2, 0.25) is 0 Å². The Morgan fingerprint density at radius 1 is 1.23 bits per heavy atom. The van der Waals surface area contributed by atoms with Crippen LogP contribution in [0.15, 0.2) is 46.9 Å². The van der Waals surface area contributed by atoms with Crippen LogP contribution in [0, 0.1) is 3.70 Å². The molecule has 2 aromatic carbocycles. The molecule has 0 bridgehead atoms. The lowest BCUT2D eigenvalue weighted by atomic mass is 10.2. The van der Waals surface area contributed by atoms with Gasteiger partial charge in [0.25, 0.3) is 0 Å². The second-order valence-electron chi connectivity index (χ2n) is 6.76. The van der Waals surface area contributed by atoms with E-state index in [1.807, 2.05) is 63.2 Å². The van der Waals surface area contributed by atoms with Crippen molar-refractivity contribution < 1.29 is 14.3 Å². The maximum absolute atomic E-state index is 12.4. The molecule has 1 aromatic heterocycles. The van der Waals surface area contributed by atoms with Gasteiger partial charge in [0.05, 0.1) is 9.99 Å². The first-order valence-corrected chi connectivity index (χ1v) is 9.89. The molecule has 0 aliphatic heterocycles. The Labute approximate surface area is 173 Å². The number of nitrogens with zero attached hydrogens (tertiary/aromatic N) is 2. The number of hydrogen-bond acceptors (Lipinski definition) is 4. The van der Waals surface area contributed by atoms with Crippen LogP contribution in [0.5, 0.6) is 5.75 Å². The second kappa shape index (κ2) is 7.56. The Kier molecular flexibility index (Phi) is 5.57. The fraction of sp³-hybridized carbons (Fsp3) is 0.263. The molecule has 5 nitrogen and oxygen atoms in total. The van der Waals surface area contributed by atoms with E-state index < -0.39 is 11.7 Å². The van der Waals surface area contributed by atoms with Crippen LogP contribution in [0.3, 0.4) is 0 Å². The minimum absolute atomic E-state index is 0.460. The van der Waals surface area contributed by atoms with E-state index in [4.69, 9.17) is 9.47 Å². The van der Waals surface area contributed by atoms with Crippen LogP contribution in [-0.2, 0) is 11.3 Å². The summed E-state index contributed by atoms with van der Waals surface area (Å²) in [7, 11) is 0. The Balaban J connectivity index is 1.91. The second-order valence-corrected chi connectivity index (χ2v) is 8.63. The van der Waals surface area contributed by atoms with Gasteiger partial charge in [0, 0.05) is 5.39 Å². The number of benzene rings is 2. The maximum atomic E-state index is 12.4. The molecule has 0 unspecified atom stereocenters. The van der Waals surface area contributed by atoms with Gasteiger partial charge in [0.1, 0.15) is 21.7 Å². The zero-order valence-corrected chi connectivity index (χ0v) is 18.4. The van der Waals surface area contributed by atoms with Crippen molar-refractivity contribution in [2.75, 3.05) is 0 Å².